The number of nitrogens with one attached hydrogen (secondary N) is 3. The van der Waals surface area contributed by atoms with Crippen LogP contribution < -0.4 is 20.9 Å². The molecule has 0 atom stereocenters. The van der Waals surface area contributed by atoms with Crippen LogP contribution in [-0.2, 0) is 10.2 Å². The molecule has 0 heterocycles. The molecule has 0 spiro atoms. The van der Waals surface area contributed by atoms with Gasteiger partial charge in [-0.1, -0.05) is 81.4 Å². The van der Waals surface area contributed by atoms with Crippen molar-refractivity contribution in [3.8, 4) is 16.9 Å². The molecule has 3 aromatic carbocycles. The standard InChI is InChI=1S/C26H27N3O3S/c1-26(2,3)20-15-13-19(14-16-20)24(31)27-25(33)29-28-23(30)17-32-22-12-8-7-11-21(22)18-9-5-4-6-10-18/h4-16H,17H2,1-3H3,(H,28,30)(H2,27,29,31,33). The molecule has 7 heteroatoms. The molecule has 2 amide bonds. The van der Waals surface area contributed by atoms with Gasteiger partial charge < -0.3 is 4.74 Å². The minimum atomic E-state index is -0.441. The topological polar surface area (TPSA) is 79.5 Å². The van der Waals surface area contributed by atoms with E-state index in [0.717, 1.165) is 16.7 Å². The Morgan fingerprint density at radius 2 is 1.48 bits per heavy atom. The summed E-state index contributed by atoms with van der Waals surface area (Å²) in [5, 5.41) is 2.52. The molecular weight excluding hydrogens is 434 g/mol. The van der Waals surface area contributed by atoms with Crippen molar-refractivity contribution in [2.24, 2.45) is 0 Å². The van der Waals surface area contributed by atoms with Crippen molar-refractivity contribution in [3.63, 3.8) is 0 Å². The third-order valence-electron chi connectivity index (χ3n) is 4.89. The lowest BCUT2D eigenvalue weighted by Crippen LogP contribution is -2.49. The van der Waals surface area contributed by atoms with Crippen LogP contribution in [0.1, 0.15) is 36.7 Å². The average molecular weight is 462 g/mol. The Hall–Kier alpha value is -3.71. The van der Waals surface area contributed by atoms with E-state index in [0.29, 0.717) is 11.3 Å². The summed E-state index contributed by atoms with van der Waals surface area (Å²) in [5.41, 5.74) is 8.43. The maximum Gasteiger partial charge on any atom is 0.276 e. The van der Waals surface area contributed by atoms with Gasteiger partial charge in [-0.15, -0.1) is 0 Å². The number of para-hydroxylation sites is 1. The van der Waals surface area contributed by atoms with E-state index >= 15 is 0 Å². The summed E-state index contributed by atoms with van der Waals surface area (Å²) in [6.45, 7) is 6.09. The number of carbonyl (C=O) groups excluding carboxylic acids is 2. The lowest BCUT2D eigenvalue weighted by Gasteiger charge is -2.19. The molecule has 0 bridgehead atoms. The molecule has 0 radical (unpaired) electrons. The monoisotopic (exact) mass is 461 g/mol. The van der Waals surface area contributed by atoms with Crippen LogP contribution in [0, 0.1) is 0 Å². The lowest BCUT2D eigenvalue weighted by molar-refractivity contribution is -0.123. The van der Waals surface area contributed by atoms with Crippen LogP contribution in [0.3, 0.4) is 0 Å². The fraction of sp³-hybridized carbons (Fsp3) is 0.192. The molecule has 0 aliphatic heterocycles. The molecule has 170 valence electrons. The highest BCUT2D eigenvalue weighted by Crippen LogP contribution is 2.29. The van der Waals surface area contributed by atoms with Gasteiger partial charge in [0.1, 0.15) is 5.75 Å². The van der Waals surface area contributed by atoms with Crippen LogP contribution >= 0.6 is 12.2 Å². The second kappa shape index (κ2) is 10.7. The van der Waals surface area contributed by atoms with Crippen LogP contribution in [0.5, 0.6) is 5.75 Å². The minimum Gasteiger partial charge on any atom is -0.483 e. The molecule has 0 fully saturated rings. The maximum atomic E-state index is 12.4. The molecule has 3 aromatic rings. The Morgan fingerprint density at radius 3 is 2.15 bits per heavy atom. The van der Waals surface area contributed by atoms with Crippen LogP contribution in [0.25, 0.3) is 11.1 Å². The first kappa shape index (κ1) is 23.9. The van der Waals surface area contributed by atoms with E-state index in [2.05, 4.69) is 36.9 Å². The first-order valence-electron chi connectivity index (χ1n) is 10.5. The minimum absolute atomic E-state index is 0.000174. The third kappa shape index (κ3) is 6.89. The molecule has 0 aliphatic rings. The number of hydrogen-bond donors (Lipinski definition) is 3. The highest BCUT2D eigenvalue weighted by molar-refractivity contribution is 7.80. The summed E-state index contributed by atoms with van der Waals surface area (Å²) in [5.74, 6) is -0.215. The lowest BCUT2D eigenvalue weighted by atomic mass is 9.87. The van der Waals surface area contributed by atoms with Gasteiger partial charge in [-0.3, -0.25) is 25.8 Å². The first-order chi connectivity index (χ1) is 15.7. The van der Waals surface area contributed by atoms with Crippen molar-refractivity contribution in [2.75, 3.05) is 6.61 Å². The SMILES string of the molecule is CC(C)(C)c1ccc(C(=O)NC(=S)NNC(=O)COc2ccccc2-c2ccccc2)cc1. The van der Waals surface area contributed by atoms with E-state index < -0.39 is 5.91 Å². The number of hydrogen-bond acceptors (Lipinski definition) is 4. The second-order valence-electron chi connectivity index (χ2n) is 8.43. The van der Waals surface area contributed by atoms with E-state index in [1.807, 2.05) is 60.7 Å². The van der Waals surface area contributed by atoms with E-state index in [9.17, 15) is 9.59 Å². The van der Waals surface area contributed by atoms with Crippen molar-refractivity contribution in [3.05, 3.63) is 90.0 Å². The van der Waals surface area contributed by atoms with Crippen molar-refractivity contribution >= 4 is 29.1 Å². The molecule has 6 nitrogen and oxygen atoms in total. The Kier molecular flexibility index (Phi) is 7.79. The highest BCUT2D eigenvalue weighted by atomic mass is 32.1. The summed E-state index contributed by atoms with van der Waals surface area (Å²) in [6.07, 6.45) is 0. The van der Waals surface area contributed by atoms with E-state index in [-0.39, 0.29) is 23.0 Å². The average Bonchev–Trinajstić information content (AvgIpc) is 2.81. The van der Waals surface area contributed by atoms with Crippen molar-refractivity contribution in [1.29, 1.82) is 0 Å². The number of hydrazine groups is 1. The number of thiocarbonyl (C=S) groups is 1. The van der Waals surface area contributed by atoms with Gasteiger partial charge in [-0.05, 0) is 47.0 Å². The molecule has 0 saturated heterocycles. The van der Waals surface area contributed by atoms with Crippen LogP contribution in [-0.4, -0.2) is 23.5 Å². The third-order valence-corrected chi connectivity index (χ3v) is 5.09. The van der Waals surface area contributed by atoms with Crippen molar-refractivity contribution in [2.45, 2.75) is 26.2 Å². The Morgan fingerprint density at radius 1 is 0.848 bits per heavy atom. The van der Waals surface area contributed by atoms with E-state index in [1.54, 1.807) is 18.2 Å². The summed E-state index contributed by atoms with van der Waals surface area (Å²) in [4.78, 5) is 24.6. The number of benzene rings is 3. The predicted octanol–water partition coefficient (Wildman–Crippen LogP) is 4.37. The second-order valence-corrected chi connectivity index (χ2v) is 8.84. The summed E-state index contributed by atoms with van der Waals surface area (Å²) in [7, 11) is 0. The number of ether oxygens (including phenoxy) is 1. The van der Waals surface area contributed by atoms with Crippen molar-refractivity contribution < 1.29 is 14.3 Å². The summed E-state index contributed by atoms with van der Waals surface area (Å²) >= 11 is 5.10. The molecule has 3 rings (SSSR count). The van der Waals surface area contributed by atoms with E-state index in [1.165, 1.54) is 0 Å². The zero-order valence-electron chi connectivity index (χ0n) is 18.8. The Labute approximate surface area is 199 Å². The Bertz CT molecular complexity index is 1120. The molecular formula is C26H27N3O3S. The molecule has 0 aliphatic carbocycles. The van der Waals surface area contributed by atoms with Gasteiger partial charge in [-0.25, -0.2) is 0 Å². The van der Waals surface area contributed by atoms with Gasteiger partial charge in [0.15, 0.2) is 11.7 Å². The van der Waals surface area contributed by atoms with Gasteiger partial charge in [0.05, 0.1) is 0 Å². The first-order valence-corrected chi connectivity index (χ1v) is 10.9. The van der Waals surface area contributed by atoms with Crippen molar-refractivity contribution in [1.82, 2.24) is 16.2 Å². The zero-order valence-corrected chi connectivity index (χ0v) is 19.7. The van der Waals surface area contributed by atoms with Gasteiger partial charge in [0.2, 0.25) is 0 Å². The normalized spacial score (nSPS) is 10.8. The molecule has 0 unspecified atom stereocenters. The maximum absolute atomic E-state index is 12.4. The van der Waals surface area contributed by atoms with Gasteiger partial charge in [0, 0.05) is 11.1 Å². The van der Waals surface area contributed by atoms with Gasteiger partial charge in [-0.2, -0.15) is 0 Å². The number of carbonyl (C=O) groups is 2. The van der Waals surface area contributed by atoms with E-state index in [4.69, 9.17) is 17.0 Å². The van der Waals surface area contributed by atoms with Gasteiger partial charge >= 0.3 is 0 Å². The summed E-state index contributed by atoms with van der Waals surface area (Å²) < 4.78 is 5.69. The fourth-order valence-electron chi connectivity index (χ4n) is 3.08. The molecule has 0 aromatic heterocycles. The molecule has 3 N–H and O–H groups in total. The number of amides is 2. The fourth-order valence-corrected chi connectivity index (χ4v) is 3.23. The molecule has 33 heavy (non-hydrogen) atoms. The quantitative estimate of drug-likeness (QED) is 0.389. The highest BCUT2D eigenvalue weighted by Gasteiger charge is 2.15. The largest absolute Gasteiger partial charge is 0.483 e. The van der Waals surface area contributed by atoms with Gasteiger partial charge in [0.25, 0.3) is 11.8 Å². The van der Waals surface area contributed by atoms with Crippen LogP contribution in [0.15, 0.2) is 78.9 Å². The summed E-state index contributed by atoms with van der Waals surface area (Å²) in [6, 6.07) is 24.6. The molecule has 0 saturated carbocycles. The predicted molar refractivity (Wildman–Crippen MR) is 134 cm³/mol. The Balaban J connectivity index is 1.48. The van der Waals surface area contributed by atoms with Crippen LogP contribution in [0.2, 0.25) is 0 Å². The number of rotatable bonds is 5. The smallest absolute Gasteiger partial charge is 0.276 e. The zero-order chi connectivity index (χ0) is 23.8. The van der Waals surface area contributed by atoms with Crippen LogP contribution in [0.4, 0.5) is 0 Å².